The summed E-state index contributed by atoms with van der Waals surface area (Å²) in [6.45, 7) is 1.62. The van der Waals surface area contributed by atoms with E-state index in [-0.39, 0.29) is 11.7 Å². The van der Waals surface area contributed by atoms with Crippen molar-refractivity contribution in [1.82, 2.24) is 0 Å². The fourth-order valence-corrected chi connectivity index (χ4v) is 1.75. The van der Waals surface area contributed by atoms with Gasteiger partial charge in [-0.2, -0.15) is 0 Å². The molecular formula is C16H16FNO3. The SMILES string of the molecule is COc1ccccc1NC(=O)C(C)Oc1ccc(F)cc1. The highest BCUT2D eigenvalue weighted by Crippen LogP contribution is 2.23. The molecule has 1 atom stereocenters. The van der Waals surface area contributed by atoms with Gasteiger partial charge in [-0.05, 0) is 43.3 Å². The summed E-state index contributed by atoms with van der Waals surface area (Å²) in [7, 11) is 1.53. The first-order valence-corrected chi connectivity index (χ1v) is 6.46. The molecule has 0 radical (unpaired) electrons. The van der Waals surface area contributed by atoms with Crippen molar-refractivity contribution in [2.75, 3.05) is 12.4 Å². The summed E-state index contributed by atoms with van der Waals surface area (Å²) in [5.41, 5.74) is 0.569. The highest BCUT2D eigenvalue weighted by atomic mass is 19.1. The number of anilines is 1. The lowest BCUT2D eigenvalue weighted by Gasteiger charge is -2.16. The number of para-hydroxylation sites is 2. The van der Waals surface area contributed by atoms with Crippen molar-refractivity contribution < 1.29 is 18.7 Å². The summed E-state index contributed by atoms with van der Waals surface area (Å²) in [5.74, 6) is 0.330. The largest absolute Gasteiger partial charge is 0.495 e. The zero-order chi connectivity index (χ0) is 15.2. The van der Waals surface area contributed by atoms with Crippen molar-refractivity contribution in [3.05, 3.63) is 54.3 Å². The number of amides is 1. The van der Waals surface area contributed by atoms with E-state index in [1.165, 1.54) is 31.4 Å². The highest BCUT2D eigenvalue weighted by Gasteiger charge is 2.16. The summed E-state index contributed by atoms with van der Waals surface area (Å²) >= 11 is 0. The first kappa shape index (κ1) is 14.8. The van der Waals surface area contributed by atoms with Crippen molar-refractivity contribution in [2.24, 2.45) is 0 Å². The molecule has 4 nitrogen and oxygen atoms in total. The lowest BCUT2D eigenvalue weighted by Crippen LogP contribution is -2.30. The van der Waals surface area contributed by atoms with Crippen molar-refractivity contribution in [3.8, 4) is 11.5 Å². The van der Waals surface area contributed by atoms with Crippen LogP contribution in [0.2, 0.25) is 0 Å². The molecule has 2 rings (SSSR count). The zero-order valence-electron chi connectivity index (χ0n) is 11.8. The molecule has 1 amide bonds. The second-order valence-electron chi connectivity index (χ2n) is 4.40. The Morgan fingerprint density at radius 3 is 2.48 bits per heavy atom. The second kappa shape index (κ2) is 6.74. The third-order valence-corrected chi connectivity index (χ3v) is 2.86. The number of carbonyl (C=O) groups is 1. The number of benzene rings is 2. The van der Waals surface area contributed by atoms with Gasteiger partial charge in [0.25, 0.3) is 5.91 Å². The van der Waals surface area contributed by atoms with Gasteiger partial charge in [-0.3, -0.25) is 4.79 Å². The third kappa shape index (κ3) is 3.95. The molecule has 21 heavy (non-hydrogen) atoms. The highest BCUT2D eigenvalue weighted by molar-refractivity contribution is 5.95. The van der Waals surface area contributed by atoms with E-state index in [9.17, 15) is 9.18 Å². The van der Waals surface area contributed by atoms with E-state index in [2.05, 4.69) is 5.32 Å². The predicted octanol–water partition coefficient (Wildman–Crippen LogP) is 3.24. The molecular weight excluding hydrogens is 273 g/mol. The standard InChI is InChI=1S/C16H16FNO3/c1-11(21-13-9-7-12(17)8-10-13)16(19)18-14-5-3-4-6-15(14)20-2/h3-11H,1-2H3,(H,18,19). The van der Waals surface area contributed by atoms with Gasteiger partial charge >= 0.3 is 0 Å². The Labute approximate surface area is 122 Å². The molecule has 2 aromatic carbocycles. The molecule has 5 heteroatoms. The quantitative estimate of drug-likeness (QED) is 0.919. The van der Waals surface area contributed by atoms with Crippen LogP contribution in [0.25, 0.3) is 0 Å². The van der Waals surface area contributed by atoms with E-state index in [0.29, 0.717) is 17.2 Å². The zero-order valence-corrected chi connectivity index (χ0v) is 11.8. The summed E-state index contributed by atoms with van der Waals surface area (Å²) in [6, 6.07) is 12.6. The lowest BCUT2D eigenvalue weighted by molar-refractivity contribution is -0.122. The molecule has 0 aliphatic carbocycles. The van der Waals surface area contributed by atoms with Gasteiger partial charge in [0.1, 0.15) is 17.3 Å². The van der Waals surface area contributed by atoms with Crippen LogP contribution in [0, 0.1) is 5.82 Å². The smallest absolute Gasteiger partial charge is 0.265 e. The molecule has 2 aromatic rings. The number of carbonyl (C=O) groups excluding carboxylic acids is 1. The van der Waals surface area contributed by atoms with E-state index in [0.717, 1.165) is 0 Å². The van der Waals surface area contributed by atoms with Crippen molar-refractivity contribution >= 4 is 11.6 Å². The summed E-state index contributed by atoms with van der Waals surface area (Å²) in [6.07, 6.45) is -0.722. The van der Waals surface area contributed by atoms with Crippen molar-refractivity contribution in [3.63, 3.8) is 0 Å². The first-order valence-electron chi connectivity index (χ1n) is 6.46. The van der Waals surface area contributed by atoms with Gasteiger partial charge in [0.15, 0.2) is 6.10 Å². The number of ether oxygens (including phenoxy) is 2. The van der Waals surface area contributed by atoms with Crippen LogP contribution in [0.5, 0.6) is 11.5 Å². The molecule has 0 fully saturated rings. The van der Waals surface area contributed by atoms with Gasteiger partial charge in [0, 0.05) is 0 Å². The molecule has 110 valence electrons. The number of rotatable bonds is 5. The van der Waals surface area contributed by atoms with Crippen LogP contribution in [-0.4, -0.2) is 19.1 Å². The Morgan fingerprint density at radius 2 is 1.81 bits per heavy atom. The van der Waals surface area contributed by atoms with Crippen LogP contribution >= 0.6 is 0 Å². The minimum Gasteiger partial charge on any atom is -0.495 e. The molecule has 0 heterocycles. The predicted molar refractivity (Wildman–Crippen MR) is 78.1 cm³/mol. The number of hydrogen-bond acceptors (Lipinski definition) is 3. The maximum absolute atomic E-state index is 12.8. The Bertz CT molecular complexity index is 613. The van der Waals surface area contributed by atoms with E-state index in [1.54, 1.807) is 25.1 Å². The van der Waals surface area contributed by atoms with E-state index in [1.807, 2.05) is 6.07 Å². The molecule has 0 aliphatic heterocycles. The maximum atomic E-state index is 12.8. The number of methoxy groups -OCH3 is 1. The fraction of sp³-hybridized carbons (Fsp3) is 0.188. The average molecular weight is 289 g/mol. The Kier molecular flexibility index (Phi) is 4.77. The molecule has 0 saturated heterocycles. The summed E-state index contributed by atoms with van der Waals surface area (Å²) in [5, 5.41) is 2.73. The Balaban J connectivity index is 2.01. The monoisotopic (exact) mass is 289 g/mol. The van der Waals surface area contributed by atoms with Crippen LogP contribution in [0.4, 0.5) is 10.1 Å². The summed E-state index contributed by atoms with van der Waals surface area (Å²) < 4.78 is 23.4. The molecule has 1 unspecified atom stereocenters. The minimum absolute atomic E-state index is 0.316. The first-order chi connectivity index (χ1) is 10.1. The average Bonchev–Trinajstić information content (AvgIpc) is 2.50. The topological polar surface area (TPSA) is 47.6 Å². The van der Waals surface area contributed by atoms with E-state index >= 15 is 0 Å². The van der Waals surface area contributed by atoms with Gasteiger partial charge < -0.3 is 14.8 Å². The van der Waals surface area contributed by atoms with Crippen LogP contribution in [0.15, 0.2) is 48.5 Å². The number of halogens is 1. The molecule has 0 spiro atoms. The maximum Gasteiger partial charge on any atom is 0.265 e. The molecule has 1 N–H and O–H groups in total. The lowest BCUT2D eigenvalue weighted by atomic mass is 10.2. The van der Waals surface area contributed by atoms with Gasteiger partial charge in [-0.25, -0.2) is 4.39 Å². The van der Waals surface area contributed by atoms with Gasteiger partial charge in [0.05, 0.1) is 12.8 Å². The Morgan fingerprint density at radius 1 is 1.14 bits per heavy atom. The minimum atomic E-state index is -0.722. The Hall–Kier alpha value is -2.56. The van der Waals surface area contributed by atoms with E-state index in [4.69, 9.17) is 9.47 Å². The van der Waals surface area contributed by atoms with Crippen molar-refractivity contribution in [2.45, 2.75) is 13.0 Å². The van der Waals surface area contributed by atoms with Crippen LogP contribution < -0.4 is 14.8 Å². The number of hydrogen-bond donors (Lipinski definition) is 1. The van der Waals surface area contributed by atoms with Crippen LogP contribution in [0.1, 0.15) is 6.92 Å². The molecule has 0 saturated carbocycles. The normalized spacial score (nSPS) is 11.6. The van der Waals surface area contributed by atoms with Crippen LogP contribution in [0.3, 0.4) is 0 Å². The third-order valence-electron chi connectivity index (χ3n) is 2.86. The molecule has 0 bridgehead atoms. The van der Waals surface area contributed by atoms with Gasteiger partial charge in [0.2, 0.25) is 0 Å². The molecule has 0 aromatic heterocycles. The van der Waals surface area contributed by atoms with Crippen LogP contribution in [-0.2, 0) is 4.79 Å². The van der Waals surface area contributed by atoms with Gasteiger partial charge in [-0.15, -0.1) is 0 Å². The number of nitrogens with one attached hydrogen (secondary N) is 1. The van der Waals surface area contributed by atoms with E-state index < -0.39 is 6.10 Å². The van der Waals surface area contributed by atoms with Gasteiger partial charge in [-0.1, -0.05) is 12.1 Å². The summed E-state index contributed by atoms with van der Waals surface area (Å²) in [4.78, 5) is 12.1. The fourth-order valence-electron chi connectivity index (χ4n) is 1.75. The van der Waals surface area contributed by atoms with Crippen molar-refractivity contribution in [1.29, 1.82) is 0 Å². The molecule has 0 aliphatic rings. The second-order valence-corrected chi connectivity index (χ2v) is 4.40.